The van der Waals surface area contributed by atoms with Gasteiger partial charge in [0.25, 0.3) is 0 Å². The molecule has 0 bridgehead atoms. The second kappa shape index (κ2) is 16.2. The maximum absolute atomic E-state index is 4.79. The zero-order valence-corrected chi connectivity index (χ0v) is 31.9. The van der Waals surface area contributed by atoms with Crippen molar-refractivity contribution in [2.24, 2.45) is 0 Å². The SMILES string of the molecule is CC(C)c1ccnc(-c2[c-]ccc(-c3ccccc3)c2)c1.Cc1c[c-]c(-c2cc(C(C)c3ccccc3)c([Si](C)(C)C)cn2)cc1.[Ir]. The Bertz CT molecular complexity index is 1860. The first kappa shape index (κ1) is 35.9. The minimum absolute atomic E-state index is 0. The molecule has 47 heavy (non-hydrogen) atoms. The predicted octanol–water partition coefficient (Wildman–Crippen LogP) is 10.9. The summed E-state index contributed by atoms with van der Waals surface area (Å²) in [5.41, 5.74) is 11.8. The molecule has 0 spiro atoms. The fraction of sp³-hybridized carbons (Fsp3) is 0.209. The average molecular weight is 809 g/mol. The fourth-order valence-electron chi connectivity index (χ4n) is 5.56. The second-order valence-corrected chi connectivity index (χ2v) is 18.3. The topological polar surface area (TPSA) is 25.8 Å². The van der Waals surface area contributed by atoms with Crippen molar-refractivity contribution < 1.29 is 20.1 Å². The Kier molecular flexibility index (Phi) is 12.4. The van der Waals surface area contributed by atoms with Crippen LogP contribution in [-0.4, -0.2) is 18.0 Å². The van der Waals surface area contributed by atoms with Crippen molar-refractivity contribution in [1.82, 2.24) is 9.97 Å². The molecule has 6 aromatic rings. The summed E-state index contributed by atoms with van der Waals surface area (Å²) in [6.07, 6.45) is 4.00. The third-order valence-corrected chi connectivity index (χ3v) is 10.4. The van der Waals surface area contributed by atoms with Gasteiger partial charge in [-0.3, -0.25) is 0 Å². The first-order valence-electron chi connectivity index (χ1n) is 16.2. The Morgan fingerprint density at radius 2 is 1.32 bits per heavy atom. The predicted molar refractivity (Wildman–Crippen MR) is 198 cm³/mol. The zero-order chi connectivity index (χ0) is 32.7. The van der Waals surface area contributed by atoms with Crippen LogP contribution in [0.25, 0.3) is 33.6 Å². The molecule has 2 nitrogen and oxygen atoms in total. The van der Waals surface area contributed by atoms with Gasteiger partial charge in [-0.25, -0.2) is 0 Å². The van der Waals surface area contributed by atoms with Crippen molar-refractivity contribution in [1.29, 1.82) is 0 Å². The Balaban J connectivity index is 0.000000211. The van der Waals surface area contributed by atoms with Gasteiger partial charge < -0.3 is 9.97 Å². The van der Waals surface area contributed by atoms with Gasteiger partial charge in [-0.2, -0.15) is 0 Å². The molecule has 0 saturated carbocycles. The van der Waals surface area contributed by atoms with Crippen molar-refractivity contribution in [2.45, 2.75) is 59.2 Å². The Morgan fingerprint density at radius 1 is 0.638 bits per heavy atom. The molecule has 0 saturated heterocycles. The molecule has 0 aliphatic carbocycles. The van der Waals surface area contributed by atoms with E-state index in [1.54, 1.807) is 0 Å². The molecule has 0 N–H and O–H groups in total. The summed E-state index contributed by atoms with van der Waals surface area (Å²) in [5, 5.41) is 1.44. The first-order chi connectivity index (χ1) is 22.1. The van der Waals surface area contributed by atoms with Gasteiger partial charge in [0.2, 0.25) is 0 Å². The van der Waals surface area contributed by atoms with Crippen molar-refractivity contribution in [3.63, 3.8) is 0 Å². The molecule has 2 aromatic heterocycles. The van der Waals surface area contributed by atoms with E-state index in [0.717, 1.165) is 22.5 Å². The van der Waals surface area contributed by atoms with E-state index < -0.39 is 8.07 Å². The maximum atomic E-state index is 4.79. The summed E-state index contributed by atoms with van der Waals surface area (Å²) in [6.45, 7) is 16.0. The Morgan fingerprint density at radius 3 is 1.96 bits per heavy atom. The zero-order valence-electron chi connectivity index (χ0n) is 28.5. The van der Waals surface area contributed by atoms with E-state index in [9.17, 15) is 0 Å². The van der Waals surface area contributed by atoms with Gasteiger partial charge in [-0.05, 0) is 45.2 Å². The summed E-state index contributed by atoms with van der Waals surface area (Å²) in [7, 11) is -1.48. The number of hydrogen-bond donors (Lipinski definition) is 0. The van der Waals surface area contributed by atoms with Crippen LogP contribution in [0.15, 0.2) is 128 Å². The van der Waals surface area contributed by atoms with Crippen LogP contribution >= 0.6 is 0 Å². The van der Waals surface area contributed by atoms with Crippen molar-refractivity contribution in [2.75, 3.05) is 0 Å². The minimum Gasteiger partial charge on any atom is -0.305 e. The molecule has 4 aromatic carbocycles. The molecule has 0 amide bonds. The molecule has 241 valence electrons. The molecule has 0 fully saturated rings. The van der Waals surface area contributed by atoms with E-state index in [2.05, 4.69) is 168 Å². The van der Waals surface area contributed by atoms with Crippen LogP contribution in [0.3, 0.4) is 0 Å². The normalized spacial score (nSPS) is 11.7. The quantitative estimate of drug-likeness (QED) is 0.119. The molecule has 0 aliphatic rings. The molecule has 0 aliphatic heterocycles. The fourth-order valence-corrected chi connectivity index (χ4v) is 7.17. The average Bonchev–Trinajstić information content (AvgIpc) is 3.09. The van der Waals surface area contributed by atoms with E-state index in [0.29, 0.717) is 11.8 Å². The minimum atomic E-state index is -1.48. The molecule has 1 radical (unpaired) electrons. The second-order valence-electron chi connectivity index (χ2n) is 13.3. The number of hydrogen-bond acceptors (Lipinski definition) is 2. The van der Waals surface area contributed by atoms with E-state index in [1.165, 1.54) is 38.6 Å². The van der Waals surface area contributed by atoms with Gasteiger partial charge in [-0.15, -0.1) is 70.8 Å². The summed E-state index contributed by atoms with van der Waals surface area (Å²) >= 11 is 0. The van der Waals surface area contributed by atoms with E-state index in [4.69, 9.17) is 4.98 Å². The van der Waals surface area contributed by atoms with Crippen LogP contribution in [-0.2, 0) is 20.1 Å². The number of benzene rings is 4. The van der Waals surface area contributed by atoms with Crippen LogP contribution in [0.2, 0.25) is 19.6 Å². The van der Waals surface area contributed by atoms with Crippen molar-refractivity contribution in [3.05, 3.63) is 162 Å². The third kappa shape index (κ3) is 9.32. The van der Waals surface area contributed by atoms with Crippen LogP contribution in [0, 0.1) is 19.1 Å². The van der Waals surface area contributed by atoms with Crippen molar-refractivity contribution >= 4 is 13.3 Å². The molecule has 1 atom stereocenters. The van der Waals surface area contributed by atoms with E-state index in [1.807, 2.05) is 24.4 Å². The smallest absolute Gasteiger partial charge is 0.0799 e. The largest absolute Gasteiger partial charge is 0.305 e. The summed E-state index contributed by atoms with van der Waals surface area (Å²) in [4.78, 5) is 9.28. The standard InChI is InChI=1S/C23H26NSi.C20H18N.Ir/c1-17-11-13-20(14-12-17)22-15-21(23(16-24-22)25(3,4)5)18(2)19-9-7-6-8-10-19;1-15(2)17-11-12-21-20(14-17)19-10-6-9-18(13-19)16-7-4-3-5-8-16;/h6-13,15-16,18H,1-5H3;3-9,11-15H,1-2H3;/q2*-1;. The van der Waals surface area contributed by atoms with Gasteiger partial charge in [0, 0.05) is 38.4 Å². The van der Waals surface area contributed by atoms with Gasteiger partial charge in [-0.1, -0.05) is 126 Å². The van der Waals surface area contributed by atoms with Crippen LogP contribution in [0.4, 0.5) is 0 Å². The van der Waals surface area contributed by atoms with Gasteiger partial charge in [0.15, 0.2) is 0 Å². The molecule has 1 unspecified atom stereocenters. The Labute approximate surface area is 296 Å². The van der Waals surface area contributed by atoms with Gasteiger partial charge in [0.05, 0.1) is 8.07 Å². The van der Waals surface area contributed by atoms with Gasteiger partial charge in [0.1, 0.15) is 0 Å². The molecule has 2 heterocycles. The van der Waals surface area contributed by atoms with Crippen LogP contribution in [0.1, 0.15) is 54.9 Å². The van der Waals surface area contributed by atoms with Gasteiger partial charge >= 0.3 is 0 Å². The van der Waals surface area contributed by atoms with Crippen LogP contribution in [0.5, 0.6) is 0 Å². The third-order valence-electron chi connectivity index (χ3n) is 8.39. The Hall–Kier alpha value is -3.95. The number of aryl methyl sites for hydroxylation is 1. The van der Waals surface area contributed by atoms with E-state index in [-0.39, 0.29) is 20.1 Å². The summed E-state index contributed by atoms with van der Waals surface area (Å²) in [5.74, 6) is 0.860. The molecular weight excluding hydrogens is 765 g/mol. The number of pyridine rings is 2. The molecule has 6 rings (SSSR count). The van der Waals surface area contributed by atoms with Crippen molar-refractivity contribution in [3.8, 4) is 33.6 Å². The number of nitrogens with zero attached hydrogens (tertiary/aromatic N) is 2. The summed E-state index contributed by atoms with van der Waals surface area (Å²) in [6, 6.07) is 46.8. The van der Waals surface area contributed by atoms with E-state index >= 15 is 0 Å². The van der Waals surface area contributed by atoms with Crippen LogP contribution < -0.4 is 5.19 Å². The molecular formula is C43H44IrN2Si-2. The maximum Gasteiger partial charge on any atom is 0.0799 e. The monoisotopic (exact) mass is 809 g/mol. The molecule has 4 heteroatoms. The number of rotatable bonds is 7. The number of aromatic nitrogens is 2. The summed E-state index contributed by atoms with van der Waals surface area (Å²) < 4.78 is 0. The first-order valence-corrected chi connectivity index (χ1v) is 19.7.